The van der Waals surface area contributed by atoms with E-state index in [2.05, 4.69) is 52.9 Å². The Morgan fingerprint density at radius 1 is 1.04 bits per heavy atom. The Labute approximate surface area is 135 Å². The summed E-state index contributed by atoms with van der Waals surface area (Å²) in [5, 5.41) is 3.69. The quantitative estimate of drug-likeness (QED) is 0.780. The standard InChI is InChI=1S/C19H20N2O2/c1-22-17-9-12-7-8-20-19(14(12)10-18(17)23-2)15-11-21-16-6-4-3-5-13(15)16/h3-6,9-11,19-21H,7-8H2,1-2H3/p+1/t19-/m1/s1. The van der Waals surface area contributed by atoms with Gasteiger partial charge in [-0.15, -0.1) is 0 Å². The molecule has 0 saturated heterocycles. The number of hydrogen-bond acceptors (Lipinski definition) is 2. The largest absolute Gasteiger partial charge is 0.493 e. The number of nitrogens with two attached hydrogens (primary N) is 1. The zero-order valence-corrected chi connectivity index (χ0v) is 13.4. The summed E-state index contributed by atoms with van der Waals surface area (Å²) in [7, 11) is 3.38. The molecule has 0 spiro atoms. The molecule has 1 atom stereocenters. The lowest BCUT2D eigenvalue weighted by molar-refractivity contribution is -0.689. The Balaban J connectivity index is 1.87. The highest BCUT2D eigenvalue weighted by atomic mass is 16.5. The maximum Gasteiger partial charge on any atom is 0.161 e. The molecule has 4 nitrogen and oxygen atoms in total. The topological polar surface area (TPSA) is 50.9 Å². The van der Waals surface area contributed by atoms with E-state index in [4.69, 9.17) is 9.47 Å². The van der Waals surface area contributed by atoms with Gasteiger partial charge in [0.25, 0.3) is 0 Å². The van der Waals surface area contributed by atoms with Crippen molar-refractivity contribution in [2.75, 3.05) is 20.8 Å². The van der Waals surface area contributed by atoms with E-state index >= 15 is 0 Å². The lowest BCUT2D eigenvalue weighted by atomic mass is 9.89. The lowest BCUT2D eigenvalue weighted by Gasteiger charge is -2.25. The average molecular weight is 309 g/mol. The monoisotopic (exact) mass is 309 g/mol. The van der Waals surface area contributed by atoms with Crippen molar-refractivity contribution >= 4 is 10.9 Å². The second-order valence-electron chi connectivity index (χ2n) is 5.95. The Hall–Kier alpha value is -2.46. The minimum atomic E-state index is 0.287. The molecule has 1 aliphatic heterocycles. The van der Waals surface area contributed by atoms with Crippen LogP contribution in [-0.4, -0.2) is 25.7 Å². The van der Waals surface area contributed by atoms with Gasteiger partial charge in [0.1, 0.15) is 6.04 Å². The van der Waals surface area contributed by atoms with Crippen molar-refractivity contribution in [3.63, 3.8) is 0 Å². The van der Waals surface area contributed by atoms with Gasteiger partial charge >= 0.3 is 0 Å². The number of ether oxygens (including phenoxy) is 2. The molecule has 1 aromatic heterocycles. The first-order valence-corrected chi connectivity index (χ1v) is 7.96. The summed E-state index contributed by atoms with van der Waals surface area (Å²) < 4.78 is 11.0. The first-order chi connectivity index (χ1) is 11.3. The number of H-pyrrole nitrogens is 1. The van der Waals surface area contributed by atoms with E-state index in [0.717, 1.165) is 24.5 Å². The molecule has 0 bridgehead atoms. The molecule has 0 radical (unpaired) electrons. The van der Waals surface area contributed by atoms with E-state index in [1.54, 1.807) is 14.2 Å². The van der Waals surface area contributed by atoms with Crippen LogP contribution >= 0.6 is 0 Å². The van der Waals surface area contributed by atoms with Crippen molar-refractivity contribution in [3.8, 4) is 11.5 Å². The average Bonchev–Trinajstić information content (AvgIpc) is 3.03. The number of aromatic amines is 1. The number of aromatic nitrogens is 1. The van der Waals surface area contributed by atoms with Crippen molar-refractivity contribution in [2.45, 2.75) is 12.5 Å². The number of para-hydroxylation sites is 1. The molecule has 118 valence electrons. The molecule has 1 aliphatic rings. The summed E-state index contributed by atoms with van der Waals surface area (Å²) in [6.45, 7) is 1.08. The highest BCUT2D eigenvalue weighted by molar-refractivity contribution is 5.84. The van der Waals surface area contributed by atoms with Crippen LogP contribution in [0.5, 0.6) is 11.5 Å². The van der Waals surface area contributed by atoms with Crippen LogP contribution in [0.25, 0.3) is 10.9 Å². The van der Waals surface area contributed by atoms with Crippen molar-refractivity contribution in [3.05, 3.63) is 59.3 Å². The van der Waals surface area contributed by atoms with Gasteiger partial charge < -0.3 is 19.8 Å². The highest BCUT2D eigenvalue weighted by Gasteiger charge is 2.28. The molecular weight excluding hydrogens is 288 g/mol. The van der Waals surface area contributed by atoms with Crippen LogP contribution in [0.3, 0.4) is 0 Å². The maximum absolute atomic E-state index is 5.51. The molecule has 0 unspecified atom stereocenters. The third-order valence-corrected chi connectivity index (χ3v) is 4.75. The van der Waals surface area contributed by atoms with Crippen LogP contribution in [-0.2, 0) is 6.42 Å². The van der Waals surface area contributed by atoms with Crippen LogP contribution in [0.1, 0.15) is 22.7 Å². The molecule has 0 amide bonds. The fraction of sp³-hybridized carbons (Fsp3) is 0.263. The Bertz CT molecular complexity index is 854. The molecule has 2 aromatic carbocycles. The summed E-state index contributed by atoms with van der Waals surface area (Å²) in [6.07, 6.45) is 3.19. The van der Waals surface area contributed by atoms with Crippen molar-refractivity contribution < 1.29 is 14.8 Å². The zero-order chi connectivity index (χ0) is 15.8. The number of hydrogen-bond donors (Lipinski definition) is 2. The van der Waals surface area contributed by atoms with E-state index < -0.39 is 0 Å². The lowest BCUT2D eigenvalue weighted by Crippen LogP contribution is -2.87. The normalized spacial score (nSPS) is 17.0. The van der Waals surface area contributed by atoms with E-state index in [1.807, 2.05) is 0 Å². The van der Waals surface area contributed by atoms with E-state index in [1.165, 1.54) is 27.6 Å². The number of rotatable bonds is 3. The zero-order valence-electron chi connectivity index (χ0n) is 13.4. The van der Waals surface area contributed by atoms with Gasteiger partial charge in [-0.25, -0.2) is 0 Å². The van der Waals surface area contributed by atoms with Gasteiger partial charge in [-0.1, -0.05) is 18.2 Å². The molecule has 0 fully saturated rings. The van der Waals surface area contributed by atoms with Crippen LogP contribution in [0.4, 0.5) is 0 Å². The Morgan fingerprint density at radius 2 is 1.83 bits per heavy atom. The van der Waals surface area contributed by atoms with Crippen molar-refractivity contribution in [2.24, 2.45) is 0 Å². The summed E-state index contributed by atoms with van der Waals surface area (Å²) >= 11 is 0. The van der Waals surface area contributed by atoms with Gasteiger partial charge in [0.2, 0.25) is 0 Å². The minimum absolute atomic E-state index is 0.287. The SMILES string of the molecule is COc1cc2c(cc1OC)[C@H](c1c[nH]c3ccccc13)[NH2+]CC2. The summed E-state index contributed by atoms with van der Waals surface area (Å²) in [4.78, 5) is 3.39. The van der Waals surface area contributed by atoms with Crippen molar-refractivity contribution in [1.82, 2.24) is 4.98 Å². The highest BCUT2D eigenvalue weighted by Crippen LogP contribution is 2.37. The molecule has 0 aliphatic carbocycles. The number of benzene rings is 2. The number of nitrogens with one attached hydrogen (secondary N) is 1. The molecule has 3 aromatic rings. The Morgan fingerprint density at radius 3 is 2.65 bits per heavy atom. The predicted octanol–water partition coefficient (Wildman–Crippen LogP) is 2.39. The maximum atomic E-state index is 5.51. The number of quaternary nitrogens is 1. The van der Waals surface area contributed by atoms with Crippen molar-refractivity contribution in [1.29, 1.82) is 0 Å². The van der Waals surface area contributed by atoms with E-state index in [-0.39, 0.29) is 6.04 Å². The van der Waals surface area contributed by atoms with Gasteiger partial charge in [0.05, 0.1) is 20.8 Å². The van der Waals surface area contributed by atoms with Gasteiger partial charge in [0, 0.05) is 34.6 Å². The third kappa shape index (κ3) is 2.26. The van der Waals surface area contributed by atoms with Gasteiger partial charge in [0.15, 0.2) is 11.5 Å². The van der Waals surface area contributed by atoms with Crippen LogP contribution in [0.2, 0.25) is 0 Å². The predicted molar refractivity (Wildman–Crippen MR) is 90.2 cm³/mol. The first kappa shape index (κ1) is 14.2. The van der Waals surface area contributed by atoms with E-state index in [0.29, 0.717) is 0 Å². The fourth-order valence-electron chi connectivity index (χ4n) is 3.62. The molecule has 0 saturated carbocycles. The first-order valence-electron chi connectivity index (χ1n) is 7.96. The summed E-state index contributed by atoms with van der Waals surface area (Å²) in [5.74, 6) is 1.61. The second-order valence-corrected chi connectivity index (χ2v) is 5.95. The summed E-state index contributed by atoms with van der Waals surface area (Å²) in [5.41, 5.74) is 5.18. The smallest absolute Gasteiger partial charge is 0.161 e. The minimum Gasteiger partial charge on any atom is -0.493 e. The number of fused-ring (bicyclic) bond motifs is 2. The van der Waals surface area contributed by atoms with Crippen LogP contribution in [0.15, 0.2) is 42.6 Å². The fourth-order valence-corrected chi connectivity index (χ4v) is 3.62. The van der Waals surface area contributed by atoms with Crippen LogP contribution < -0.4 is 14.8 Å². The number of methoxy groups -OCH3 is 2. The van der Waals surface area contributed by atoms with Crippen LogP contribution in [0, 0.1) is 0 Å². The third-order valence-electron chi connectivity index (χ3n) is 4.75. The van der Waals surface area contributed by atoms with Gasteiger partial charge in [-0.05, 0) is 23.8 Å². The van der Waals surface area contributed by atoms with E-state index in [9.17, 15) is 0 Å². The second kappa shape index (κ2) is 5.63. The molecule has 2 heterocycles. The Kier molecular flexibility index (Phi) is 3.46. The van der Waals surface area contributed by atoms with Gasteiger partial charge in [-0.3, -0.25) is 0 Å². The molecule has 3 N–H and O–H groups in total. The van der Waals surface area contributed by atoms with Gasteiger partial charge in [-0.2, -0.15) is 0 Å². The molecule has 4 rings (SSSR count). The molecular formula is C19H21N2O2+. The molecule has 23 heavy (non-hydrogen) atoms. The molecule has 4 heteroatoms. The summed E-state index contributed by atoms with van der Waals surface area (Å²) in [6, 6.07) is 13.0.